The van der Waals surface area contributed by atoms with Gasteiger partial charge in [0.1, 0.15) is 0 Å². The number of hydrogen-bond donors (Lipinski definition) is 0. The van der Waals surface area contributed by atoms with Gasteiger partial charge in [0.25, 0.3) is 5.82 Å². The zero-order chi connectivity index (χ0) is 9.97. The Morgan fingerprint density at radius 1 is 0.929 bits per heavy atom. The minimum atomic E-state index is 0.676. The van der Waals surface area contributed by atoms with Gasteiger partial charge in [-0.2, -0.15) is 9.97 Å². The van der Waals surface area contributed by atoms with Crippen molar-refractivity contribution in [2.75, 3.05) is 0 Å². The summed E-state index contributed by atoms with van der Waals surface area (Å²) in [6.45, 7) is 3.97. The van der Waals surface area contributed by atoms with Gasteiger partial charge in [0.15, 0.2) is 12.4 Å². The Morgan fingerprint density at radius 3 is 2.07 bits per heavy atom. The summed E-state index contributed by atoms with van der Waals surface area (Å²) in [5, 5.41) is 0. The van der Waals surface area contributed by atoms with Crippen molar-refractivity contribution >= 4 is 0 Å². The molecule has 2 aromatic rings. The van der Waals surface area contributed by atoms with Crippen molar-refractivity contribution in [2.45, 2.75) is 13.8 Å². The number of rotatable bonds is 1. The quantitative estimate of drug-likeness (QED) is 0.650. The molecular weight excluding hydrogens is 176 g/mol. The number of aromatic amines is 2. The van der Waals surface area contributed by atoms with Crippen LogP contribution in [0.4, 0.5) is 0 Å². The van der Waals surface area contributed by atoms with Gasteiger partial charge in [-0.3, -0.25) is 0 Å². The van der Waals surface area contributed by atoms with Crippen LogP contribution in [0.15, 0.2) is 24.8 Å². The molecule has 0 spiro atoms. The molecule has 0 unspecified atom stereocenters. The molecule has 2 rings (SSSR count). The lowest BCUT2D eigenvalue weighted by Gasteiger charge is -1.90. The van der Waals surface area contributed by atoms with Gasteiger partial charge in [-0.05, 0) is 19.4 Å². The summed E-state index contributed by atoms with van der Waals surface area (Å²) in [7, 11) is 0. The molecule has 4 heteroatoms. The monoisotopic (exact) mass is 188 g/mol. The van der Waals surface area contributed by atoms with Gasteiger partial charge < -0.3 is 0 Å². The molecule has 0 saturated carbocycles. The summed E-state index contributed by atoms with van der Waals surface area (Å²) in [4.78, 5) is 14.6. The van der Waals surface area contributed by atoms with Crippen molar-refractivity contribution in [3.63, 3.8) is 0 Å². The molecule has 70 valence electrons. The minimum absolute atomic E-state index is 0.676. The molecule has 2 heterocycles. The van der Waals surface area contributed by atoms with Crippen LogP contribution in [-0.2, 0) is 0 Å². The minimum Gasteiger partial charge on any atom is -0.225 e. The summed E-state index contributed by atoms with van der Waals surface area (Å²) >= 11 is 0. The van der Waals surface area contributed by atoms with Gasteiger partial charge >= 0.3 is 5.82 Å². The average molecular weight is 188 g/mol. The molecule has 4 nitrogen and oxygen atoms in total. The fourth-order valence-corrected chi connectivity index (χ4v) is 1.11. The zero-order valence-electron chi connectivity index (χ0n) is 8.20. The van der Waals surface area contributed by atoms with Gasteiger partial charge in [0, 0.05) is 12.4 Å². The normalized spacial score (nSPS) is 10.1. The maximum Gasteiger partial charge on any atom is 0.486 e. The van der Waals surface area contributed by atoms with E-state index >= 15 is 0 Å². The highest BCUT2D eigenvalue weighted by molar-refractivity contribution is 5.33. The predicted molar refractivity (Wildman–Crippen MR) is 50.1 cm³/mol. The predicted octanol–water partition coefficient (Wildman–Crippen LogP) is 0.389. The van der Waals surface area contributed by atoms with E-state index in [1.54, 1.807) is 12.4 Å². The number of aromatic nitrogens is 4. The second-order valence-electron chi connectivity index (χ2n) is 3.28. The molecule has 2 N–H and O–H groups in total. The number of hydrogen-bond acceptors (Lipinski definition) is 2. The van der Waals surface area contributed by atoms with Crippen LogP contribution in [-0.4, -0.2) is 9.97 Å². The van der Waals surface area contributed by atoms with E-state index in [1.165, 1.54) is 0 Å². The van der Waals surface area contributed by atoms with Crippen molar-refractivity contribution in [3.8, 4) is 11.6 Å². The summed E-state index contributed by atoms with van der Waals surface area (Å²) in [5.74, 6) is 1.49. The third kappa shape index (κ3) is 1.74. The highest BCUT2D eigenvalue weighted by atomic mass is 15.0. The third-order valence-corrected chi connectivity index (χ3v) is 1.89. The number of aryl methyl sites for hydroxylation is 2. The van der Waals surface area contributed by atoms with Crippen LogP contribution in [0.3, 0.4) is 0 Å². The second kappa shape index (κ2) is 3.49. The zero-order valence-corrected chi connectivity index (χ0v) is 8.20. The van der Waals surface area contributed by atoms with Crippen LogP contribution in [0.2, 0.25) is 0 Å². The van der Waals surface area contributed by atoms with Gasteiger partial charge in [0.05, 0.1) is 5.56 Å². The smallest absolute Gasteiger partial charge is 0.225 e. The van der Waals surface area contributed by atoms with Gasteiger partial charge in [-0.1, -0.05) is 0 Å². The highest BCUT2D eigenvalue weighted by Crippen LogP contribution is 2.01. The van der Waals surface area contributed by atoms with Crippen molar-refractivity contribution < 1.29 is 9.97 Å². The molecule has 14 heavy (non-hydrogen) atoms. The second-order valence-corrected chi connectivity index (χ2v) is 3.28. The van der Waals surface area contributed by atoms with E-state index in [-0.39, 0.29) is 0 Å². The highest BCUT2D eigenvalue weighted by Gasteiger charge is 2.15. The molecule has 0 amide bonds. The van der Waals surface area contributed by atoms with Gasteiger partial charge in [0.2, 0.25) is 0 Å². The van der Waals surface area contributed by atoms with E-state index in [9.17, 15) is 0 Å². The first-order valence-electron chi connectivity index (χ1n) is 4.45. The van der Waals surface area contributed by atoms with E-state index in [1.807, 2.05) is 26.2 Å². The van der Waals surface area contributed by atoms with Crippen LogP contribution in [0.1, 0.15) is 11.1 Å². The Labute approximate surface area is 82.1 Å². The van der Waals surface area contributed by atoms with Gasteiger partial charge in [-0.25, -0.2) is 9.97 Å². The molecule has 0 aliphatic carbocycles. The van der Waals surface area contributed by atoms with E-state index in [4.69, 9.17) is 0 Å². The van der Waals surface area contributed by atoms with Crippen molar-refractivity contribution in [3.05, 3.63) is 35.9 Å². The molecule has 0 fully saturated rings. The first-order chi connectivity index (χ1) is 6.75. The summed E-state index contributed by atoms with van der Waals surface area (Å²) in [5.41, 5.74) is 2.20. The largest absolute Gasteiger partial charge is 0.486 e. The van der Waals surface area contributed by atoms with Crippen LogP contribution in [0.25, 0.3) is 11.6 Å². The Bertz CT molecular complexity index is 375. The number of H-pyrrole nitrogens is 2. The lowest BCUT2D eigenvalue weighted by molar-refractivity contribution is -0.510. The number of nitrogens with one attached hydrogen (secondary N) is 2. The van der Waals surface area contributed by atoms with Crippen LogP contribution < -0.4 is 9.97 Å². The van der Waals surface area contributed by atoms with E-state index < -0.39 is 0 Å². The van der Waals surface area contributed by atoms with Crippen molar-refractivity contribution in [2.24, 2.45) is 0 Å². The molecule has 0 aromatic carbocycles. The molecule has 0 radical (unpaired) electrons. The average Bonchev–Trinajstić information content (AvgIpc) is 2.21. The SMILES string of the molecule is Cc1cnc(-c2[nH+]cc(C)c[nH+]2)nc1. The molecular formula is C10H12N4+2. The summed E-state index contributed by atoms with van der Waals surface area (Å²) < 4.78 is 0. The Hall–Kier alpha value is -1.84. The fraction of sp³-hybridized carbons (Fsp3) is 0.200. The van der Waals surface area contributed by atoms with Crippen LogP contribution in [0, 0.1) is 13.8 Å². The summed E-state index contributed by atoms with van der Waals surface area (Å²) in [6.07, 6.45) is 7.41. The number of nitrogens with zero attached hydrogens (tertiary/aromatic N) is 2. The molecule has 0 aliphatic rings. The van der Waals surface area contributed by atoms with Gasteiger partial charge in [-0.15, -0.1) is 0 Å². The fourth-order valence-electron chi connectivity index (χ4n) is 1.11. The lowest BCUT2D eigenvalue weighted by Crippen LogP contribution is -2.22. The molecule has 0 bridgehead atoms. The molecule has 0 aliphatic heterocycles. The topological polar surface area (TPSA) is 54.1 Å². The van der Waals surface area contributed by atoms with E-state index in [0.29, 0.717) is 5.82 Å². The maximum absolute atomic E-state index is 4.20. The Balaban J connectivity index is 2.40. The standard InChI is InChI=1S/C10H10N4/c1-7-3-11-9(12-4-7)10-13-5-8(2)6-14-10/h3-6H,1-2H3/p+2. The third-order valence-electron chi connectivity index (χ3n) is 1.89. The van der Waals surface area contributed by atoms with E-state index in [2.05, 4.69) is 19.9 Å². The Morgan fingerprint density at radius 2 is 1.50 bits per heavy atom. The first kappa shape index (κ1) is 8.74. The maximum atomic E-state index is 4.20. The van der Waals surface area contributed by atoms with E-state index in [0.717, 1.165) is 17.0 Å². The summed E-state index contributed by atoms with van der Waals surface area (Å²) in [6, 6.07) is 0. The molecule has 2 aromatic heterocycles. The lowest BCUT2D eigenvalue weighted by atomic mass is 10.3. The Kier molecular flexibility index (Phi) is 2.18. The molecule has 0 saturated heterocycles. The van der Waals surface area contributed by atoms with Crippen molar-refractivity contribution in [1.29, 1.82) is 0 Å². The first-order valence-corrected chi connectivity index (χ1v) is 4.45. The molecule has 0 atom stereocenters. The van der Waals surface area contributed by atoms with Crippen LogP contribution in [0.5, 0.6) is 0 Å². The van der Waals surface area contributed by atoms with Crippen molar-refractivity contribution in [1.82, 2.24) is 9.97 Å². The van der Waals surface area contributed by atoms with Crippen LogP contribution >= 0.6 is 0 Å².